The molecule has 120 valence electrons. The fraction of sp³-hybridized carbons (Fsp3) is 0.438. The Hall–Kier alpha value is -1.66. The van der Waals surface area contributed by atoms with Crippen molar-refractivity contribution in [2.45, 2.75) is 52.1 Å². The zero-order valence-corrected chi connectivity index (χ0v) is 14.5. The number of hydrogen-bond donors (Lipinski definition) is 1. The first-order valence-electron chi connectivity index (χ1n) is 7.38. The average Bonchev–Trinajstić information content (AvgIpc) is 2.79. The molecule has 0 bridgehead atoms. The van der Waals surface area contributed by atoms with Crippen LogP contribution in [0.2, 0.25) is 0 Å². The summed E-state index contributed by atoms with van der Waals surface area (Å²) in [7, 11) is -3.59. The molecule has 0 fully saturated rings. The summed E-state index contributed by atoms with van der Waals surface area (Å²) in [6, 6.07) is 5.73. The molecule has 0 radical (unpaired) electrons. The van der Waals surface area contributed by atoms with Crippen molar-refractivity contribution >= 4 is 10.0 Å². The number of aromatic nitrogens is 2. The molecule has 22 heavy (non-hydrogen) atoms. The minimum Gasteiger partial charge on any atom is -0.269 e. The van der Waals surface area contributed by atoms with Crippen molar-refractivity contribution in [1.82, 2.24) is 14.5 Å². The molecule has 0 saturated heterocycles. The summed E-state index contributed by atoms with van der Waals surface area (Å²) in [5.41, 5.74) is 3.88. The van der Waals surface area contributed by atoms with Gasteiger partial charge in [0.2, 0.25) is 10.0 Å². The Morgan fingerprint density at radius 1 is 1.27 bits per heavy atom. The molecule has 1 atom stereocenters. The molecule has 1 aromatic carbocycles. The molecule has 0 aliphatic rings. The Bertz CT molecular complexity index is 779. The lowest BCUT2D eigenvalue weighted by Gasteiger charge is -2.17. The number of rotatable bonds is 5. The highest BCUT2D eigenvalue weighted by Gasteiger charge is 2.23. The van der Waals surface area contributed by atoms with Crippen molar-refractivity contribution in [2.24, 2.45) is 0 Å². The van der Waals surface area contributed by atoms with Gasteiger partial charge in [0.05, 0.1) is 11.9 Å². The van der Waals surface area contributed by atoms with E-state index in [2.05, 4.69) is 15.9 Å². The van der Waals surface area contributed by atoms with Crippen molar-refractivity contribution in [3.05, 3.63) is 46.8 Å². The summed E-state index contributed by atoms with van der Waals surface area (Å²) in [5.74, 6) is 0. The summed E-state index contributed by atoms with van der Waals surface area (Å²) in [6.45, 7) is 10.2. The van der Waals surface area contributed by atoms with Crippen LogP contribution >= 0.6 is 0 Å². The molecule has 0 saturated carbocycles. The van der Waals surface area contributed by atoms with Crippen molar-refractivity contribution in [1.29, 1.82) is 0 Å². The predicted octanol–water partition coefficient (Wildman–Crippen LogP) is 2.87. The maximum absolute atomic E-state index is 12.6. The van der Waals surface area contributed by atoms with E-state index in [-0.39, 0.29) is 10.9 Å². The molecule has 2 rings (SSSR count). The molecule has 5 nitrogen and oxygen atoms in total. The van der Waals surface area contributed by atoms with Crippen LogP contribution in [0.15, 0.2) is 29.3 Å². The highest BCUT2D eigenvalue weighted by Crippen LogP contribution is 2.22. The molecule has 1 heterocycles. The van der Waals surface area contributed by atoms with E-state index in [1.807, 2.05) is 39.8 Å². The van der Waals surface area contributed by atoms with E-state index >= 15 is 0 Å². The van der Waals surface area contributed by atoms with E-state index in [4.69, 9.17) is 0 Å². The van der Waals surface area contributed by atoms with E-state index < -0.39 is 10.0 Å². The maximum atomic E-state index is 12.6. The smallest absolute Gasteiger partial charge is 0.244 e. The molecule has 0 spiro atoms. The molecule has 1 unspecified atom stereocenters. The van der Waals surface area contributed by atoms with Crippen molar-refractivity contribution in [3.8, 4) is 0 Å². The van der Waals surface area contributed by atoms with Gasteiger partial charge in [0.25, 0.3) is 0 Å². The van der Waals surface area contributed by atoms with Gasteiger partial charge in [-0.3, -0.25) is 4.68 Å². The average molecular weight is 321 g/mol. The first-order chi connectivity index (χ1) is 10.3. The summed E-state index contributed by atoms with van der Waals surface area (Å²) < 4.78 is 29.6. The zero-order chi connectivity index (χ0) is 16.5. The summed E-state index contributed by atoms with van der Waals surface area (Å²) in [4.78, 5) is 0.242. The number of nitrogens with zero attached hydrogens (tertiary/aromatic N) is 2. The normalized spacial score (nSPS) is 13.3. The Morgan fingerprint density at radius 3 is 2.50 bits per heavy atom. The van der Waals surface area contributed by atoms with E-state index in [0.717, 1.165) is 16.7 Å². The zero-order valence-electron chi connectivity index (χ0n) is 13.7. The highest BCUT2D eigenvalue weighted by atomic mass is 32.2. The number of benzene rings is 1. The largest absolute Gasteiger partial charge is 0.269 e. The monoisotopic (exact) mass is 321 g/mol. The third kappa shape index (κ3) is 3.23. The van der Waals surface area contributed by atoms with Crippen LogP contribution in [0.5, 0.6) is 0 Å². The van der Waals surface area contributed by atoms with Gasteiger partial charge in [0.1, 0.15) is 4.90 Å². The second-order valence-electron chi connectivity index (χ2n) is 5.61. The van der Waals surface area contributed by atoms with E-state index in [0.29, 0.717) is 12.2 Å². The van der Waals surface area contributed by atoms with Gasteiger partial charge in [0.15, 0.2) is 0 Å². The van der Waals surface area contributed by atoms with Gasteiger partial charge in [-0.1, -0.05) is 23.8 Å². The van der Waals surface area contributed by atoms with Gasteiger partial charge in [-0.2, -0.15) is 5.10 Å². The lowest BCUT2D eigenvalue weighted by atomic mass is 10.0. The number of hydrogen-bond acceptors (Lipinski definition) is 3. The van der Waals surface area contributed by atoms with Crippen LogP contribution < -0.4 is 4.72 Å². The molecule has 6 heteroatoms. The lowest BCUT2D eigenvalue weighted by molar-refractivity contribution is 0.564. The molecule has 0 aliphatic carbocycles. The van der Waals surface area contributed by atoms with Gasteiger partial charge in [-0.05, 0) is 45.7 Å². The third-order valence-corrected chi connectivity index (χ3v) is 5.51. The molecule has 0 amide bonds. The van der Waals surface area contributed by atoms with Gasteiger partial charge in [0, 0.05) is 12.6 Å². The molecule has 2 aromatic rings. The molecule has 1 N–H and O–H groups in total. The van der Waals surface area contributed by atoms with Crippen molar-refractivity contribution in [2.75, 3.05) is 0 Å². The van der Waals surface area contributed by atoms with Crippen LogP contribution in [0.4, 0.5) is 0 Å². The fourth-order valence-corrected chi connectivity index (χ4v) is 4.08. The highest BCUT2D eigenvalue weighted by molar-refractivity contribution is 7.89. The second kappa shape index (κ2) is 6.22. The van der Waals surface area contributed by atoms with Crippen LogP contribution in [0.1, 0.15) is 42.3 Å². The lowest BCUT2D eigenvalue weighted by Crippen LogP contribution is -2.27. The Kier molecular flexibility index (Phi) is 4.72. The minimum atomic E-state index is -3.59. The number of nitrogens with one attached hydrogen (secondary N) is 1. The topological polar surface area (TPSA) is 64.0 Å². The van der Waals surface area contributed by atoms with E-state index in [1.54, 1.807) is 11.6 Å². The summed E-state index contributed by atoms with van der Waals surface area (Å²) in [5, 5.41) is 4.11. The van der Waals surface area contributed by atoms with Gasteiger partial charge in [-0.15, -0.1) is 0 Å². The van der Waals surface area contributed by atoms with Crippen LogP contribution in [-0.4, -0.2) is 18.2 Å². The molecular formula is C16H23N3O2S. The van der Waals surface area contributed by atoms with Gasteiger partial charge in [-0.25, -0.2) is 13.1 Å². The van der Waals surface area contributed by atoms with Gasteiger partial charge < -0.3 is 0 Å². The van der Waals surface area contributed by atoms with Crippen molar-refractivity contribution < 1.29 is 8.42 Å². The van der Waals surface area contributed by atoms with Crippen LogP contribution in [0.3, 0.4) is 0 Å². The Morgan fingerprint density at radius 2 is 1.95 bits per heavy atom. The predicted molar refractivity (Wildman–Crippen MR) is 87.3 cm³/mol. The summed E-state index contributed by atoms with van der Waals surface area (Å²) >= 11 is 0. The Balaban J connectivity index is 2.29. The summed E-state index contributed by atoms with van der Waals surface area (Å²) in [6.07, 6.45) is 1.41. The van der Waals surface area contributed by atoms with E-state index in [1.165, 1.54) is 6.20 Å². The second-order valence-corrected chi connectivity index (χ2v) is 7.30. The number of aryl methyl sites for hydroxylation is 3. The SMILES string of the molecule is CCn1ncc(S(=O)(=O)NC(C)c2ccc(C)cc2C)c1C. The standard InChI is InChI=1S/C16H23N3O2S/c1-6-19-14(5)16(10-17-19)22(20,21)18-13(4)15-8-7-11(2)9-12(15)3/h7-10,13,18H,6H2,1-5H3. The van der Waals surface area contributed by atoms with Crippen LogP contribution in [-0.2, 0) is 16.6 Å². The van der Waals surface area contributed by atoms with Crippen LogP contribution in [0, 0.1) is 20.8 Å². The fourth-order valence-electron chi connectivity index (χ4n) is 2.68. The first kappa shape index (κ1) is 16.7. The molecule has 1 aromatic heterocycles. The number of sulfonamides is 1. The maximum Gasteiger partial charge on any atom is 0.244 e. The molecular weight excluding hydrogens is 298 g/mol. The molecule has 0 aliphatic heterocycles. The Labute approximate surface area is 132 Å². The quantitative estimate of drug-likeness (QED) is 0.921. The van der Waals surface area contributed by atoms with Crippen molar-refractivity contribution in [3.63, 3.8) is 0 Å². The third-order valence-electron chi connectivity index (χ3n) is 3.87. The first-order valence-corrected chi connectivity index (χ1v) is 8.86. The van der Waals surface area contributed by atoms with Crippen LogP contribution in [0.25, 0.3) is 0 Å². The van der Waals surface area contributed by atoms with Gasteiger partial charge >= 0.3 is 0 Å². The van der Waals surface area contributed by atoms with E-state index in [9.17, 15) is 8.42 Å². The minimum absolute atomic E-state index is 0.242.